The second-order valence-electron chi connectivity index (χ2n) is 2.30. The van der Waals surface area contributed by atoms with E-state index in [0.717, 1.165) is 0 Å². The Hall–Kier alpha value is -0.610. The first-order chi connectivity index (χ1) is 5.60. The van der Waals surface area contributed by atoms with Crippen molar-refractivity contribution >= 4 is 5.97 Å². The van der Waals surface area contributed by atoms with Gasteiger partial charge < -0.3 is 14.2 Å². The molecule has 0 aliphatic heterocycles. The van der Waals surface area contributed by atoms with Gasteiger partial charge in [-0.3, -0.25) is 0 Å². The molecule has 0 aliphatic rings. The van der Waals surface area contributed by atoms with E-state index in [1.807, 2.05) is 0 Å². The van der Waals surface area contributed by atoms with Crippen LogP contribution in [0.15, 0.2) is 0 Å². The number of esters is 1. The highest BCUT2D eigenvalue weighted by Crippen LogP contribution is 2.13. The average molecular weight is 176 g/mol. The molecule has 0 bridgehead atoms. The summed E-state index contributed by atoms with van der Waals surface area (Å²) in [5.41, 5.74) is 0. The van der Waals surface area contributed by atoms with E-state index in [9.17, 15) is 4.79 Å². The van der Waals surface area contributed by atoms with Gasteiger partial charge in [-0.2, -0.15) is 0 Å². The Morgan fingerprint density at radius 3 is 1.92 bits per heavy atom. The zero-order valence-electron chi connectivity index (χ0n) is 8.05. The third kappa shape index (κ3) is 2.79. The van der Waals surface area contributed by atoms with Crippen molar-refractivity contribution in [2.24, 2.45) is 0 Å². The quantitative estimate of drug-likeness (QED) is 0.462. The number of ether oxygens (including phenoxy) is 3. The van der Waals surface area contributed by atoms with E-state index in [0.29, 0.717) is 13.2 Å². The molecule has 0 radical (unpaired) electrons. The van der Waals surface area contributed by atoms with Gasteiger partial charge in [0.15, 0.2) is 0 Å². The largest absolute Gasteiger partial charge is 0.465 e. The van der Waals surface area contributed by atoms with Crippen LogP contribution in [0.2, 0.25) is 0 Å². The van der Waals surface area contributed by atoms with Crippen molar-refractivity contribution in [3.63, 3.8) is 0 Å². The van der Waals surface area contributed by atoms with Crippen LogP contribution >= 0.6 is 0 Å². The zero-order valence-corrected chi connectivity index (χ0v) is 8.05. The molecule has 4 heteroatoms. The lowest BCUT2D eigenvalue weighted by Crippen LogP contribution is -2.42. The minimum absolute atomic E-state index is 0.408. The number of hydrogen-bond acceptors (Lipinski definition) is 4. The molecule has 0 atom stereocenters. The molecule has 4 nitrogen and oxygen atoms in total. The summed E-state index contributed by atoms with van der Waals surface area (Å²) in [6, 6.07) is 0. The average Bonchev–Trinajstić information content (AvgIpc) is 2.04. The van der Waals surface area contributed by atoms with Gasteiger partial charge in [-0.15, -0.1) is 0 Å². The van der Waals surface area contributed by atoms with Crippen LogP contribution in [-0.2, 0) is 19.0 Å². The topological polar surface area (TPSA) is 44.8 Å². The number of rotatable bonds is 5. The molecule has 72 valence electrons. The summed E-state index contributed by atoms with van der Waals surface area (Å²) in [6.07, 6.45) is 0. The second kappa shape index (κ2) is 5.11. The van der Waals surface area contributed by atoms with Crippen molar-refractivity contribution < 1.29 is 19.0 Å². The van der Waals surface area contributed by atoms with Crippen molar-refractivity contribution in [2.45, 2.75) is 26.6 Å². The highest BCUT2D eigenvalue weighted by Gasteiger charge is 2.35. The summed E-state index contributed by atoms with van der Waals surface area (Å²) in [5.74, 6) is -1.76. The summed E-state index contributed by atoms with van der Waals surface area (Å²) in [5, 5.41) is 0. The molecule has 0 aliphatic carbocycles. The third-order valence-corrected chi connectivity index (χ3v) is 1.40. The first kappa shape index (κ1) is 11.4. The van der Waals surface area contributed by atoms with Crippen LogP contribution in [-0.4, -0.2) is 32.1 Å². The SMILES string of the molecule is CCOC(C)(OCC)C(=O)OC. The van der Waals surface area contributed by atoms with E-state index in [1.54, 1.807) is 20.8 Å². The first-order valence-corrected chi connectivity index (χ1v) is 3.97. The molecule has 0 N–H and O–H groups in total. The standard InChI is InChI=1S/C8H16O4/c1-5-11-8(3,12-6-2)7(9)10-4/h5-6H2,1-4H3. The zero-order chi connectivity index (χ0) is 9.61. The minimum Gasteiger partial charge on any atom is -0.465 e. The van der Waals surface area contributed by atoms with Gasteiger partial charge in [-0.1, -0.05) is 0 Å². The fraction of sp³-hybridized carbons (Fsp3) is 0.875. The molecule has 0 spiro atoms. The Morgan fingerprint density at radius 2 is 1.67 bits per heavy atom. The van der Waals surface area contributed by atoms with Crippen molar-refractivity contribution in [1.82, 2.24) is 0 Å². The molecule has 0 aromatic rings. The lowest BCUT2D eigenvalue weighted by atomic mass is 10.3. The summed E-state index contributed by atoms with van der Waals surface area (Å²) < 4.78 is 14.8. The van der Waals surface area contributed by atoms with Gasteiger partial charge in [-0.05, 0) is 13.8 Å². The van der Waals surface area contributed by atoms with E-state index in [4.69, 9.17) is 9.47 Å². The maximum atomic E-state index is 11.1. The third-order valence-electron chi connectivity index (χ3n) is 1.40. The van der Waals surface area contributed by atoms with E-state index < -0.39 is 11.8 Å². The molecule has 0 unspecified atom stereocenters. The van der Waals surface area contributed by atoms with Gasteiger partial charge >= 0.3 is 5.97 Å². The van der Waals surface area contributed by atoms with Gasteiger partial charge in [-0.25, -0.2) is 4.79 Å². The highest BCUT2D eigenvalue weighted by atomic mass is 16.7. The lowest BCUT2D eigenvalue weighted by Gasteiger charge is -2.25. The van der Waals surface area contributed by atoms with Gasteiger partial charge in [0.1, 0.15) is 0 Å². The fourth-order valence-corrected chi connectivity index (χ4v) is 0.896. The van der Waals surface area contributed by atoms with E-state index in [1.165, 1.54) is 7.11 Å². The molecule has 0 heterocycles. The van der Waals surface area contributed by atoms with Crippen molar-refractivity contribution in [1.29, 1.82) is 0 Å². The molecule has 12 heavy (non-hydrogen) atoms. The summed E-state index contributed by atoms with van der Waals surface area (Å²) in [6.45, 7) is 5.95. The van der Waals surface area contributed by atoms with Gasteiger partial charge in [0.2, 0.25) is 0 Å². The Bertz CT molecular complexity index is 138. The Kier molecular flexibility index (Phi) is 4.85. The smallest absolute Gasteiger partial charge is 0.366 e. The second-order valence-corrected chi connectivity index (χ2v) is 2.30. The molecule has 0 saturated carbocycles. The molecule has 0 rings (SSSR count). The number of carbonyl (C=O) groups is 1. The minimum atomic E-state index is -1.25. The van der Waals surface area contributed by atoms with Crippen molar-refractivity contribution in [3.05, 3.63) is 0 Å². The summed E-state index contributed by atoms with van der Waals surface area (Å²) in [4.78, 5) is 11.1. The van der Waals surface area contributed by atoms with Crippen LogP contribution in [0.1, 0.15) is 20.8 Å². The maximum Gasteiger partial charge on any atom is 0.366 e. The molecular formula is C8H16O4. The van der Waals surface area contributed by atoms with Crippen LogP contribution in [0, 0.1) is 0 Å². The monoisotopic (exact) mass is 176 g/mol. The number of carbonyl (C=O) groups excluding carboxylic acids is 1. The summed E-state index contributed by atoms with van der Waals surface area (Å²) >= 11 is 0. The van der Waals surface area contributed by atoms with E-state index >= 15 is 0 Å². The molecule has 0 amide bonds. The Labute approximate surface area is 72.8 Å². The number of methoxy groups -OCH3 is 1. The molecular weight excluding hydrogens is 160 g/mol. The molecule has 0 fully saturated rings. The van der Waals surface area contributed by atoms with Gasteiger partial charge in [0.25, 0.3) is 5.79 Å². The van der Waals surface area contributed by atoms with Gasteiger partial charge in [0.05, 0.1) is 7.11 Å². The van der Waals surface area contributed by atoms with Crippen LogP contribution in [0.5, 0.6) is 0 Å². The maximum absolute atomic E-state index is 11.1. The van der Waals surface area contributed by atoms with E-state index in [-0.39, 0.29) is 0 Å². The first-order valence-electron chi connectivity index (χ1n) is 3.97. The van der Waals surface area contributed by atoms with Gasteiger partial charge in [0, 0.05) is 20.1 Å². The predicted octanol–water partition coefficient (Wildman–Crippen LogP) is 0.949. The van der Waals surface area contributed by atoms with Crippen LogP contribution in [0.4, 0.5) is 0 Å². The molecule has 0 saturated heterocycles. The van der Waals surface area contributed by atoms with Crippen LogP contribution in [0.25, 0.3) is 0 Å². The van der Waals surface area contributed by atoms with Crippen LogP contribution < -0.4 is 0 Å². The molecule has 0 aromatic heterocycles. The normalized spacial score (nSPS) is 11.3. The fourth-order valence-electron chi connectivity index (χ4n) is 0.896. The predicted molar refractivity (Wildman–Crippen MR) is 43.7 cm³/mol. The number of hydrogen-bond donors (Lipinski definition) is 0. The van der Waals surface area contributed by atoms with Crippen molar-refractivity contribution in [2.75, 3.05) is 20.3 Å². The Balaban J connectivity index is 4.26. The van der Waals surface area contributed by atoms with Crippen molar-refractivity contribution in [3.8, 4) is 0 Å². The van der Waals surface area contributed by atoms with Crippen LogP contribution in [0.3, 0.4) is 0 Å². The molecule has 0 aromatic carbocycles. The lowest BCUT2D eigenvalue weighted by molar-refractivity contribution is -0.235. The highest BCUT2D eigenvalue weighted by molar-refractivity contribution is 5.77. The van der Waals surface area contributed by atoms with E-state index in [2.05, 4.69) is 4.74 Å². The Morgan fingerprint density at radius 1 is 1.25 bits per heavy atom. The summed E-state index contributed by atoms with van der Waals surface area (Å²) in [7, 11) is 1.30.